The maximum atomic E-state index is 12.4. The average Bonchev–Trinajstić information content (AvgIpc) is 2.87. The zero-order valence-electron chi connectivity index (χ0n) is 11.2. The second-order valence-corrected chi connectivity index (χ2v) is 4.86. The molecule has 1 atom stereocenters. The third kappa shape index (κ3) is 3.50. The van der Waals surface area contributed by atoms with Crippen molar-refractivity contribution in [2.45, 2.75) is 31.6 Å². The predicted molar refractivity (Wildman–Crippen MR) is 65.9 cm³/mol. The molecule has 0 saturated carbocycles. The highest BCUT2D eigenvalue weighted by Gasteiger charge is 2.33. The fourth-order valence-corrected chi connectivity index (χ4v) is 2.28. The molecule has 0 spiro atoms. The topological polar surface area (TPSA) is 50.2 Å². The molecule has 2 rings (SSSR count). The Labute approximate surface area is 114 Å². The molecule has 0 radical (unpaired) electrons. The molecule has 1 fully saturated rings. The highest BCUT2D eigenvalue weighted by atomic mass is 19.4. The van der Waals surface area contributed by atoms with E-state index in [0.29, 0.717) is 13.1 Å². The lowest BCUT2D eigenvalue weighted by Gasteiger charge is -2.32. The minimum Gasteiger partial charge on any atom is -0.340 e. The Morgan fingerprint density at radius 2 is 2.30 bits per heavy atom. The van der Waals surface area contributed by atoms with Crippen molar-refractivity contribution < 1.29 is 18.0 Å². The summed E-state index contributed by atoms with van der Waals surface area (Å²) in [5.41, 5.74) is -0.975. The molecule has 1 unspecified atom stereocenters. The van der Waals surface area contributed by atoms with E-state index in [1.165, 1.54) is 6.20 Å². The molecule has 1 aliphatic rings. The number of nitrogens with zero attached hydrogens (tertiary/aromatic N) is 3. The van der Waals surface area contributed by atoms with Crippen LogP contribution in [0.25, 0.3) is 0 Å². The Morgan fingerprint density at radius 1 is 1.55 bits per heavy atom. The van der Waals surface area contributed by atoms with E-state index in [2.05, 4.69) is 10.4 Å². The molecule has 1 aromatic rings. The number of halogens is 3. The van der Waals surface area contributed by atoms with Gasteiger partial charge in [0.05, 0.1) is 0 Å². The summed E-state index contributed by atoms with van der Waals surface area (Å²) < 4.78 is 38.3. The molecular weight excluding hydrogens is 273 g/mol. The molecule has 2 heterocycles. The SMILES string of the molecule is CNC1CCCN(C(=O)Cn2ccc(C(F)(F)F)n2)C1. The first-order valence-corrected chi connectivity index (χ1v) is 6.46. The van der Waals surface area contributed by atoms with Gasteiger partial charge in [0.15, 0.2) is 5.69 Å². The van der Waals surface area contributed by atoms with Crippen molar-refractivity contribution >= 4 is 5.91 Å². The fraction of sp³-hybridized carbons (Fsp3) is 0.667. The quantitative estimate of drug-likeness (QED) is 0.907. The third-order valence-electron chi connectivity index (χ3n) is 3.41. The molecular formula is C12H17F3N4O. The van der Waals surface area contributed by atoms with Crippen molar-refractivity contribution in [2.75, 3.05) is 20.1 Å². The summed E-state index contributed by atoms with van der Waals surface area (Å²) in [6, 6.07) is 1.12. The van der Waals surface area contributed by atoms with Crippen LogP contribution in [0.2, 0.25) is 0 Å². The summed E-state index contributed by atoms with van der Waals surface area (Å²) in [7, 11) is 1.84. The first-order valence-electron chi connectivity index (χ1n) is 6.46. The largest absolute Gasteiger partial charge is 0.435 e. The number of nitrogens with one attached hydrogen (secondary N) is 1. The Balaban J connectivity index is 1.96. The number of aromatic nitrogens is 2. The van der Waals surface area contributed by atoms with Gasteiger partial charge in [-0.15, -0.1) is 0 Å². The second kappa shape index (κ2) is 5.82. The number of carbonyl (C=O) groups excluding carboxylic acids is 1. The Morgan fingerprint density at radius 3 is 2.90 bits per heavy atom. The highest BCUT2D eigenvalue weighted by molar-refractivity contribution is 5.76. The van der Waals surface area contributed by atoms with Crippen molar-refractivity contribution in [2.24, 2.45) is 0 Å². The van der Waals surface area contributed by atoms with Gasteiger partial charge in [0, 0.05) is 25.3 Å². The number of hydrogen-bond donors (Lipinski definition) is 1. The maximum absolute atomic E-state index is 12.4. The molecule has 0 bridgehead atoms. The summed E-state index contributed by atoms with van der Waals surface area (Å²) in [4.78, 5) is 13.7. The van der Waals surface area contributed by atoms with E-state index in [4.69, 9.17) is 0 Å². The van der Waals surface area contributed by atoms with Gasteiger partial charge in [-0.05, 0) is 26.0 Å². The molecule has 0 aromatic carbocycles. The molecule has 1 amide bonds. The minimum absolute atomic E-state index is 0.160. The van der Waals surface area contributed by atoms with Crippen LogP contribution < -0.4 is 5.32 Å². The smallest absolute Gasteiger partial charge is 0.340 e. The lowest BCUT2D eigenvalue weighted by Crippen LogP contribution is -2.47. The number of alkyl halides is 3. The number of likely N-dealkylation sites (N-methyl/N-ethyl adjacent to an activating group) is 1. The lowest BCUT2D eigenvalue weighted by atomic mass is 10.1. The van der Waals surface area contributed by atoms with E-state index in [0.717, 1.165) is 23.6 Å². The first kappa shape index (κ1) is 14.8. The number of likely N-dealkylation sites (tertiary alicyclic amines) is 1. The number of piperidine rings is 1. The standard InChI is InChI=1S/C12H17F3N4O/c1-16-9-3-2-5-18(7-9)11(20)8-19-6-4-10(17-19)12(13,14)15/h4,6,9,16H,2-3,5,7-8H2,1H3. The van der Waals surface area contributed by atoms with Crippen molar-refractivity contribution in [1.29, 1.82) is 0 Å². The van der Waals surface area contributed by atoms with Gasteiger partial charge in [-0.3, -0.25) is 9.48 Å². The average molecular weight is 290 g/mol. The van der Waals surface area contributed by atoms with Crippen LogP contribution in [0.4, 0.5) is 13.2 Å². The van der Waals surface area contributed by atoms with Crippen LogP contribution in [-0.4, -0.2) is 46.8 Å². The van der Waals surface area contributed by atoms with Crippen molar-refractivity contribution in [3.8, 4) is 0 Å². The molecule has 0 aliphatic carbocycles. The van der Waals surface area contributed by atoms with Crippen molar-refractivity contribution in [1.82, 2.24) is 20.0 Å². The molecule has 1 aromatic heterocycles. The molecule has 1 N–H and O–H groups in total. The number of carbonyl (C=O) groups is 1. The van der Waals surface area contributed by atoms with Crippen LogP contribution in [0.5, 0.6) is 0 Å². The lowest BCUT2D eigenvalue weighted by molar-refractivity contribution is -0.142. The summed E-state index contributed by atoms with van der Waals surface area (Å²) in [6.45, 7) is 1.07. The molecule has 112 valence electrons. The van der Waals surface area contributed by atoms with Gasteiger partial charge in [-0.25, -0.2) is 0 Å². The predicted octanol–water partition coefficient (Wildman–Crippen LogP) is 1.11. The second-order valence-electron chi connectivity index (χ2n) is 4.86. The van der Waals surface area contributed by atoms with Crippen LogP contribution >= 0.6 is 0 Å². The highest BCUT2D eigenvalue weighted by Crippen LogP contribution is 2.27. The molecule has 1 aliphatic heterocycles. The van der Waals surface area contributed by atoms with Crippen LogP contribution in [0, 0.1) is 0 Å². The van der Waals surface area contributed by atoms with E-state index in [9.17, 15) is 18.0 Å². The molecule has 8 heteroatoms. The van der Waals surface area contributed by atoms with Crippen LogP contribution in [-0.2, 0) is 17.5 Å². The zero-order chi connectivity index (χ0) is 14.8. The van der Waals surface area contributed by atoms with Crippen LogP contribution in [0.1, 0.15) is 18.5 Å². The normalized spacial score (nSPS) is 20.2. The van der Waals surface area contributed by atoms with Gasteiger partial charge in [-0.2, -0.15) is 18.3 Å². The summed E-state index contributed by atoms with van der Waals surface area (Å²) in [6.07, 6.45) is -1.40. The van der Waals surface area contributed by atoms with E-state index in [1.807, 2.05) is 7.05 Å². The van der Waals surface area contributed by atoms with Gasteiger partial charge in [0.1, 0.15) is 6.54 Å². The van der Waals surface area contributed by atoms with Crippen LogP contribution in [0.3, 0.4) is 0 Å². The monoisotopic (exact) mass is 290 g/mol. The number of amides is 1. The van der Waals surface area contributed by atoms with Crippen molar-refractivity contribution in [3.05, 3.63) is 18.0 Å². The first-order chi connectivity index (χ1) is 9.40. The number of hydrogen-bond acceptors (Lipinski definition) is 3. The summed E-state index contributed by atoms with van der Waals surface area (Å²) in [5.74, 6) is -0.207. The third-order valence-corrected chi connectivity index (χ3v) is 3.41. The summed E-state index contributed by atoms with van der Waals surface area (Å²) in [5, 5.41) is 6.50. The molecule has 1 saturated heterocycles. The van der Waals surface area contributed by atoms with E-state index in [1.54, 1.807) is 4.90 Å². The van der Waals surface area contributed by atoms with Gasteiger partial charge in [-0.1, -0.05) is 0 Å². The Bertz CT molecular complexity index is 472. The van der Waals surface area contributed by atoms with Gasteiger partial charge in [0.25, 0.3) is 0 Å². The Hall–Kier alpha value is -1.57. The molecule has 20 heavy (non-hydrogen) atoms. The van der Waals surface area contributed by atoms with Gasteiger partial charge >= 0.3 is 6.18 Å². The van der Waals surface area contributed by atoms with E-state index >= 15 is 0 Å². The van der Waals surface area contributed by atoms with Gasteiger partial charge in [0.2, 0.25) is 5.91 Å². The van der Waals surface area contributed by atoms with E-state index in [-0.39, 0.29) is 18.5 Å². The summed E-state index contributed by atoms with van der Waals surface area (Å²) >= 11 is 0. The Kier molecular flexibility index (Phi) is 4.32. The van der Waals surface area contributed by atoms with E-state index < -0.39 is 11.9 Å². The maximum Gasteiger partial charge on any atom is 0.435 e. The van der Waals surface area contributed by atoms with Crippen molar-refractivity contribution in [3.63, 3.8) is 0 Å². The molecule has 5 nitrogen and oxygen atoms in total. The van der Waals surface area contributed by atoms with Gasteiger partial charge < -0.3 is 10.2 Å². The van der Waals surface area contributed by atoms with Crippen LogP contribution in [0.15, 0.2) is 12.3 Å². The zero-order valence-corrected chi connectivity index (χ0v) is 11.2. The minimum atomic E-state index is -4.48. The number of rotatable bonds is 3. The fourth-order valence-electron chi connectivity index (χ4n) is 2.28.